The monoisotopic (exact) mass is 460 g/mol. The van der Waals surface area contributed by atoms with Gasteiger partial charge in [0.1, 0.15) is 28.2 Å². The van der Waals surface area contributed by atoms with Gasteiger partial charge in [0.25, 0.3) is 0 Å². The van der Waals surface area contributed by atoms with Gasteiger partial charge >= 0.3 is 5.97 Å². The number of aromatic hydroxyl groups is 2. The molecule has 0 saturated heterocycles. The SMILES string of the molecule is COc1ccc([C@H]2CC(=O)Oc3c(O)c(O)c4c(=O)cc(-c5ccccc5)oc4c32)c(OC)c1. The van der Waals surface area contributed by atoms with Crippen LogP contribution in [0.1, 0.15) is 23.5 Å². The van der Waals surface area contributed by atoms with Gasteiger partial charge in [0.15, 0.2) is 16.9 Å². The molecule has 3 aromatic carbocycles. The molecular formula is C26H20O8. The van der Waals surface area contributed by atoms with Crippen molar-refractivity contribution in [1.29, 1.82) is 0 Å². The first-order valence-corrected chi connectivity index (χ1v) is 10.5. The third kappa shape index (κ3) is 3.31. The Labute approximate surface area is 193 Å². The first kappa shape index (κ1) is 21.4. The summed E-state index contributed by atoms with van der Waals surface area (Å²) in [5.41, 5.74) is 0.984. The molecule has 0 radical (unpaired) electrons. The highest BCUT2D eigenvalue weighted by Crippen LogP contribution is 2.53. The number of hydrogen-bond donors (Lipinski definition) is 2. The molecule has 1 aromatic heterocycles. The molecule has 0 spiro atoms. The summed E-state index contributed by atoms with van der Waals surface area (Å²) in [4.78, 5) is 25.6. The third-order valence-corrected chi connectivity index (χ3v) is 5.92. The van der Waals surface area contributed by atoms with Gasteiger partial charge in [0.2, 0.25) is 5.75 Å². The summed E-state index contributed by atoms with van der Waals surface area (Å²) in [6, 6.07) is 15.4. The van der Waals surface area contributed by atoms with Crippen molar-refractivity contribution in [3.05, 3.63) is 75.9 Å². The summed E-state index contributed by atoms with van der Waals surface area (Å²) in [7, 11) is 3.01. The number of methoxy groups -OCH3 is 2. The van der Waals surface area contributed by atoms with Crippen LogP contribution in [0.3, 0.4) is 0 Å². The maximum atomic E-state index is 13.1. The second-order valence-electron chi connectivity index (χ2n) is 7.82. The van der Waals surface area contributed by atoms with Crippen LogP contribution in [-0.4, -0.2) is 30.4 Å². The van der Waals surface area contributed by atoms with Gasteiger partial charge in [-0.1, -0.05) is 36.4 Å². The fraction of sp³-hybridized carbons (Fsp3) is 0.154. The molecule has 2 N–H and O–H groups in total. The average molecular weight is 460 g/mol. The van der Waals surface area contributed by atoms with Crippen molar-refractivity contribution in [2.75, 3.05) is 14.2 Å². The largest absolute Gasteiger partial charge is 0.504 e. The van der Waals surface area contributed by atoms with E-state index in [4.69, 9.17) is 18.6 Å². The van der Waals surface area contributed by atoms with E-state index in [0.29, 0.717) is 22.6 Å². The molecular weight excluding hydrogens is 440 g/mol. The van der Waals surface area contributed by atoms with Crippen LogP contribution in [0.2, 0.25) is 0 Å². The number of fused-ring (bicyclic) bond motifs is 3. The minimum Gasteiger partial charge on any atom is -0.504 e. The van der Waals surface area contributed by atoms with Crippen LogP contribution >= 0.6 is 0 Å². The van der Waals surface area contributed by atoms with E-state index in [2.05, 4.69) is 0 Å². The lowest BCUT2D eigenvalue weighted by atomic mass is 9.84. The molecule has 1 atom stereocenters. The van der Waals surface area contributed by atoms with Gasteiger partial charge in [-0.05, 0) is 6.07 Å². The molecule has 1 aliphatic rings. The van der Waals surface area contributed by atoms with Gasteiger partial charge in [-0.25, -0.2) is 0 Å². The normalized spacial score (nSPS) is 15.0. The Morgan fingerprint density at radius 1 is 0.941 bits per heavy atom. The van der Waals surface area contributed by atoms with E-state index in [1.54, 1.807) is 42.5 Å². The summed E-state index contributed by atoms with van der Waals surface area (Å²) in [6.45, 7) is 0. The highest BCUT2D eigenvalue weighted by molar-refractivity contribution is 5.96. The summed E-state index contributed by atoms with van der Waals surface area (Å²) in [5, 5.41) is 21.1. The van der Waals surface area contributed by atoms with Crippen LogP contribution in [0.4, 0.5) is 0 Å². The van der Waals surface area contributed by atoms with E-state index < -0.39 is 28.8 Å². The predicted octanol–water partition coefficient (Wildman–Crippen LogP) is 4.33. The molecule has 5 rings (SSSR count). The average Bonchev–Trinajstić information content (AvgIpc) is 2.86. The molecule has 0 aliphatic carbocycles. The fourth-order valence-electron chi connectivity index (χ4n) is 4.32. The Morgan fingerprint density at radius 3 is 2.41 bits per heavy atom. The van der Waals surface area contributed by atoms with Crippen LogP contribution in [0.25, 0.3) is 22.3 Å². The van der Waals surface area contributed by atoms with E-state index in [1.807, 2.05) is 6.07 Å². The van der Waals surface area contributed by atoms with Crippen molar-refractivity contribution < 1.29 is 33.6 Å². The maximum Gasteiger partial charge on any atom is 0.312 e. The maximum absolute atomic E-state index is 13.1. The van der Waals surface area contributed by atoms with Crippen LogP contribution < -0.4 is 19.6 Å². The number of carbonyl (C=O) groups is 1. The third-order valence-electron chi connectivity index (χ3n) is 5.92. The van der Waals surface area contributed by atoms with Gasteiger partial charge in [-0.3, -0.25) is 9.59 Å². The van der Waals surface area contributed by atoms with Gasteiger partial charge in [0.05, 0.1) is 26.2 Å². The first-order valence-electron chi connectivity index (χ1n) is 10.5. The molecule has 4 aromatic rings. The zero-order valence-corrected chi connectivity index (χ0v) is 18.3. The molecule has 0 saturated carbocycles. The van der Waals surface area contributed by atoms with Crippen LogP contribution in [0.5, 0.6) is 28.7 Å². The number of benzene rings is 3. The molecule has 1 aliphatic heterocycles. The summed E-state index contributed by atoms with van der Waals surface area (Å²) in [5.74, 6) is -1.72. The highest BCUT2D eigenvalue weighted by atomic mass is 16.5. The summed E-state index contributed by atoms with van der Waals surface area (Å²) in [6.07, 6.45) is -0.103. The molecule has 0 bridgehead atoms. The molecule has 0 unspecified atom stereocenters. The molecule has 0 amide bonds. The van der Waals surface area contributed by atoms with Gasteiger partial charge in [-0.2, -0.15) is 0 Å². The Kier molecular flexibility index (Phi) is 5.13. The Bertz CT molecular complexity index is 1490. The topological polar surface area (TPSA) is 115 Å². The van der Waals surface area contributed by atoms with Crippen molar-refractivity contribution in [3.63, 3.8) is 0 Å². The number of esters is 1. The summed E-state index contributed by atoms with van der Waals surface area (Å²) < 4.78 is 22.3. The lowest BCUT2D eigenvalue weighted by molar-refractivity contribution is -0.135. The second-order valence-corrected chi connectivity index (χ2v) is 7.82. The van der Waals surface area contributed by atoms with E-state index in [0.717, 1.165) is 0 Å². The van der Waals surface area contributed by atoms with Crippen LogP contribution in [-0.2, 0) is 4.79 Å². The number of phenols is 2. The van der Waals surface area contributed by atoms with E-state index in [-0.39, 0.29) is 34.5 Å². The second kappa shape index (κ2) is 8.15. The van der Waals surface area contributed by atoms with Crippen molar-refractivity contribution in [2.45, 2.75) is 12.3 Å². The van der Waals surface area contributed by atoms with Crippen LogP contribution in [0.15, 0.2) is 63.8 Å². The smallest absolute Gasteiger partial charge is 0.312 e. The van der Waals surface area contributed by atoms with Gasteiger partial charge in [0, 0.05) is 29.2 Å². The van der Waals surface area contributed by atoms with Crippen molar-refractivity contribution in [2.24, 2.45) is 0 Å². The lowest BCUT2D eigenvalue weighted by Gasteiger charge is -2.27. The molecule has 8 heteroatoms. The van der Waals surface area contributed by atoms with E-state index in [1.165, 1.54) is 20.3 Å². The Hall–Kier alpha value is -4.46. The molecule has 172 valence electrons. The minimum absolute atomic E-state index is 0.0204. The quantitative estimate of drug-likeness (QED) is 0.263. The van der Waals surface area contributed by atoms with Crippen molar-refractivity contribution in [3.8, 4) is 40.1 Å². The lowest BCUT2D eigenvalue weighted by Crippen LogP contribution is -2.22. The number of carbonyl (C=O) groups excluding carboxylic acids is 1. The number of phenolic OH excluding ortho intramolecular Hbond substituents is 2. The fourth-order valence-corrected chi connectivity index (χ4v) is 4.32. The number of rotatable bonds is 4. The Morgan fingerprint density at radius 2 is 1.71 bits per heavy atom. The predicted molar refractivity (Wildman–Crippen MR) is 123 cm³/mol. The van der Waals surface area contributed by atoms with Crippen molar-refractivity contribution >= 4 is 16.9 Å². The van der Waals surface area contributed by atoms with Crippen molar-refractivity contribution in [1.82, 2.24) is 0 Å². The number of ether oxygens (including phenoxy) is 3. The highest BCUT2D eigenvalue weighted by Gasteiger charge is 2.38. The molecule has 8 nitrogen and oxygen atoms in total. The zero-order chi connectivity index (χ0) is 24.0. The molecule has 34 heavy (non-hydrogen) atoms. The van der Waals surface area contributed by atoms with E-state index in [9.17, 15) is 19.8 Å². The van der Waals surface area contributed by atoms with E-state index >= 15 is 0 Å². The van der Waals surface area contributed by atoms with Crippen LogP contribution in [0, 0.1) is 0 Å². The first-order chi connectivity index (χ1) is 16.4. The molecule has 0 fully saturated rings. The Balaban J connectivity index is 1.86. The zero-order valence-electron chi connectivity index (χ0n) is 18.3. The number of hydrogen-bond acceptors (Lipinski definition) is 8. The molecule has 2 heterocycles. The summed E-state index contributed by atoms with van der Waals surface area (Å²) >= 11 is 0. The van der Waals surface area contributed by atoms with Gasteiger partial charge < -0.3 is 28.8 Å². The van der Waals surface area contributed by atoms with Gasteiger partial charge in [-0.15, -0.1) is 0 Å². The standard InChI is InChI=1S/C26H20O8/c1-31-14-8-9-15(19(10-14)32-2)16-11-20(28)34-26-21(16)25-22(23(29)24(26)30)17(27)12-18(33-25)13-6-4-3-5-7-13/h3-10,12,16,29-30H,11H2,1-2H3/t16-/m1/s1. The minimum atomic E-state index is -0.711.